The van der Waals surface area contributed by atoms with E-state index in [-0.39, 0.29) is 24.1 Å². The predicted molar refractivity (Wildman–Crippen MR) is 146 cm³/mol. The van der Waals surface area contributed by atoms with E-state index in [1.165, 1.54) is 10.8 Å². The second-order valence-corrected chi connectivity index (χ2v) is 10.1. The number of rotatable bonds is 7. The van der Waals surface area contributed by atoms with Crippen LogP contribution in [-0.2, 0) is 17.9 Å². The molecule has 0 unspecified atom stereocenters. The van der Waals surface area contributed by atoms with E-state index in [0.29, 0.717) is 26.2 Å². The molecule has 2 fully saturated rings. The molecule has 0 aromatic heterocycles. The molecule has 0 aliphatic carbocycles. The number of unbranched alkanes of at least 4 members (excludes halogenated alkanes) is 1. The van der Waals surface area contributed by atoms with Gasteiger partial charge < -0.3 is 10.2 Å². The number of carbonyl (C=O) groups excluding carboxylic acids is 2. The number of carbonyl (C=O) groups is 2. The minimum Gasteiger partial charge on any atom is -0.333 e. The van der Waals surface area contributed by atoms with Gasteiger partial charge in [0, 0.05) is 33.2 Å². The Labute approximate surface area is 219 Å². The summed E-state index contributed by atoms with van der Waals surface area (Å²) in [5.41, 5.74) is 2.20. The number of hydrazine groups is 1. The number of fused-ring (bicyclic) bond motifs is 2. The third kappa shape index (κ3) is 5.33. The predicted octanol–water partition coefficient (Wildman–Crippen LogP) is 4.44. The zero-order valence-corrected chi connectivity index (χ0v) is 21.8. The highest BCUT2D eigenvalue weighted by Crippen LogP contribution is 2.29. The Balaban J connectivity index is 1.41. The normalized spacial score (nSPS) is 20.8. The van der Waals surface area contributed by atoms with E-state index in [1.54, 1.807) is 0 Å². The molecule has 2 saturated heterocycles. The molecule has 7 nitrogen and oxygen atoms in total. The van der Waals surface area contributed by atoms with Crippen molar-refractivity contribution in [3.63, 3.8) is 0 Å². The number of benzene rings is 3. The molecule has 194 valence electrons. The third-order valence-corrected chi connectivity index (χ3v) is 7.66. The van der Waals surface area contributed by atoms with Crippen molar-refractivity contribution in [1.82, 2.24) is 25.1 Å². The molecule has 3 amide bonds. The van der Waals surface area contributed by atoms with Crippen LogP contribution in [0.15, 0.2) is 72.8 Å². The van der Waals surface area contributed by atoms with Crippen LogP contribution in [0.5, 0.6) is 0 Å². The lowest BCUT2D eigenvalue weighted by atomic mass is 9.99. The van der Waals surface area contributed by atoms with E-state index in [2.05, 4.69) is 47.5 Å². The van der Waals surface area contributed by atoms with Crippen molar-refractivity contribution in [3.05, 3.63) is 83.9 Å². The number of urea groups is 1. The smallest absolute Gasteiger partial charge is 0.333 e. The molecule has 1 N–H and O–H groups in total. The zero-order valence-electron chi connectivity index (χ0n) is 21.8. The average molecular weight is 500 g/mol. The van der Waals surface area contributed by atoms with Crippen LogP contribution < -0.4 is 5.32 Å². The lowest BCUT2D eigenvalue weighted by molar-refractivity contribution is -0.175. The van der Waals surface area contributed by atoms with Crippen molar-refractivity contribution in [3.8, 4) is 0 Å². The van der Waals surface area contributed by atoms with Gasteiger partial charge in [0.15, 0.2) is 0 Å². The summed E-state index contributed by atoms with van der Waals surface area (Å²) in [5, 5.41) is 9.28. The fourth-order valence-electron chi connectivity index (χ4n) is 5.68. The van der Waals surface area contributed by atoms with Crippen LogP contribution in [-0.4, -0.2) is 70.6 Å². The van der Waals surface area contributed by atoms with Gasteiger partial charge in [0.2, 0.25) is 5.91 Å². The lowest BCUT2D eigenvalue weighted by Crippen LogP contribution is -2.74. The first-order valence-electron chi connectivity index (χ1n) is 13.4. The number of nitrogens with one attached hydrogen (secondary N) is 1. The highest BCUT2D eigenvalue weighted by molar-refractivity contribution is 5.87. The molecule has 2 aliphatic heterocycles. The van der Waals surface area contributed by atoms with Gasteiger partial charge in [0.25, 0.3) is 0 Å². The Morgan fingerprint density at radius 2 is 1.73 bits per heavy atom. The SMILES string of the molecule is CCCC[C@H]1C(=O)N(Cc2cccc3ccccc23)C[C@H]2N1CCN(C)N2C(=O)NCc1ccccc1. The van der Waals surface area contributed by atoms with Crippen LogP contribution in [0.25, 0.3) is 10.8 Å². The van der Waals surface area contributed by atoms with Crippen molar-refractivity contribution in [1.29, 1.82) is 0 Å². The summed E-state index contributed by atoms with van der Waals surface area (Å²) in [4.78, 5) is 31.6. The van der Waals surface area contributed by atoms with Gasteiger partial charge in [-0.05, 0) is 28.3 Å². The van der Waals surface area contributed by atoms with E-state index in [9.17, 15) is 9.59 Å². The standard InChI is InChI=1S/C30H37N5O2/c1-3-4-17-27-29(36)33(21-25-15-10-14-24-13-8-9-16-26(24)25)22-28-34(27)19-18-32(2)35(28)30(37)31-20-23-11-6-5-7-12-23/h5-16,27-28H,3-4,17-22H2,1-2H3,(H,31,37)/t27-,28-/m0/s1. The molecule has 2 heterocycles. The molecule has 5 rings (SSSR count). The molecule has 0 saturated carbocycles. The second kappa shape index (κ2) is 11.3. The van der Waals surface area contributed by atoms with E-state index >= 15 is 0 Å². The molecular weight excluding hydrogens is 462 g/mol. The number of hydrogen-bond donors (Lipinski definition) is 1. The minimum atomic E-state index is -0.216. The van der Waals surface area contributed by atoms with Gasteiger partial charge in [-0.25, -0.2) is 14.8 Å². The third-order valence-electron chi connectivity index (χ3n) is 7.66. The Hall–Kier alpha value is -3.42. The number of hydrogen-bond acceptors (Lipinski definition) is 4. The second-order valence-electron chi connectivity index (χ2n) is 10.1. The summed E-state index contributed by atoms with van der Waals surface area (Å²) in [7, 11) is 1.96. The molecule has 3 aromatic rings. The quantitative estimate of drug-likeness (QED) is 0.522. The average Bonchev–Trinajstić information content (AvgIpc) is 2.92. The van der Waals surface area contributed by atoms with Crippen molar-refractivity contribution < 1.29 is 9.59 Å². The molecule has 3 aromatic carbocycles. The van der Waals surface area contributed by atoms with Crippen molar-refractivity contribution in [2.45, 2.75) is 51.5 Å². The molecule has 0 spiro atoms. The molecule has 7 heteroatoms. The largest absolute Gasteiger partial charge is 0.333 e. The number of piperazine rings is 1. The number of amides is 3. The van der Waals surface area contributed by atoms with Crippen molar-refractivity contribution >= 4 is 22.7 Å². The summed E-state index contributed by atoms with van der Waals surface area (Å²) in [6.07, 6.45) is 2.62. The van der Waals surface area contributed by atoms with Gasteiger partial charge in [-0.15, -0.1) is 0 Å². The lowest BCUT2D eigenvalue weighted by Gasteiger charge is -2.55. The van der Waals surface area contributed by atoms with Crippen LogP contribution in [0, 0.1) is 0 Å². The molecule has 0 bridgehead atoms. The van der Waals surface area contributed by atoms with Gasteiger partial charge in [-0.2, -0.15) is 0 Å². The fraction of sp³-hybridized carbons (Fsp3) is 0.400. The Morgan fingerprint density at radius 1 is 0.973 bits per heavy atom. The summed E-state index contributed by atoms with van der Waals surface area (Å²) in [6.45, 7) is 5.12. The van der Waals surface area contributed by atoms with E-state index in [4.69, 9.17) is 0 Å². The monoisotopic (exact) mass is 499 g/mol. The summed E-state index contributed by atoms with van der Waals surface area (Å²) >= 11 is 0. The van der Waals surface area contributed by atoms with E-state index in [0.717, 1.165) is 36.9 Å². The van der Waals surface area contributed by atoms with Gasteiger partial charge in [0.05, 0.1) is 12.6 Å². The van der Waals surface area contributed by atoms with Crippen LogP contribution in [0.3, 0.4) is 0 Å². The highest BCUT2D eigenvalue weighted by Gasteiger charge is 2.47. The Kier molecular flexibility index (Phi) is 7.72. The molecular formula is C30H37N5O2. The van der Waals surface area contributed by atoms with Crippen LogP contribution in [0.2, 0.25) is 0 Å². The first kappa shape index (κ1) is 25.2. The van der Waals surface area contributed by atoms with Gasteiger partial charge in [0.1, 0.15) is 6.17 Å². The van der Waals surface area contributed by atoms with Gasteiger partial charge in [-0.3, -0.25) is 9.69 Å². The maximum absolute atomic E-state index is 13.8. The molecule has 2 aliphatic rings. The van der Waals surface area contributed by atoms with Gasteiger partial charge >= 0.3 is 6.03 Å². The van der Waals surface area contributed by atoms with E-state index < -0.39 is 0 Å². The van der Waals surface area contributed by atoms with E-state index in [1.807, 2.05) is 64.4 Å². The van der Waals surface area contributed by atoms with Crippen LogP contribution in [0.1, 0.15) is 37.3 Å². The summed E-state index contributed by atoms with van der Waals surface area (Å²) in [6, 6.07) is 24.2. The topological polar surface area (TPSA) is 59.1 Å². The Bertz CT molecular complexity index is 1230. The van der Waals surface area contributed by atoms with Crippen LogP contribution >= 0.6 is 0 Å². The summed E-state index contributed by atoms with van der Waals surface area (Å²) in [5.74, 6) is 0.173. The molecule has 37 heavy (non-hydrogen) atoms. The minimum absolute atomic E-state index is 0.130. The van der Waals surface area contributed by atoms with Crippen molar-refractivity contribution in [2.75, 3.05) is 26.7 Å². The van der Waals surface area contributed by atoms with Gasteiger partial charge in [-0.1, -0.05) is 92.6 Å². The maximum atomic E-state index is 13.8. The fourth-order valence-corrected chi connectivity index (χ4v) is 5.68. The first-order valence-corrected chi connectivity index (χ1v) is 13.4. The molecule has 2 atom stereocenters. The van der Waals surface area contributed by atoms with Crippen LogP contribution in [0.4, 0.5) is 4.79 Å². The first-order chi connectivity index (χ1) is 18.1. The maximum Gasteiger partial charge on any atom is 0.333 e. The Morgan fingerprint density at radius 3 is 2.54 bits per heavy atom. The number of nitrogens with zero attached hydrogens (tertiary/aromatic N) is 4. The highest BCUT2D eigenvalue weighted by atomic mass is 16.2. The zero-order chi connectivity index (χ0) is 25.8. The van der Waals surface area contributed by atoms with Crippen molar-refractivity contribution in [2.24, 2.45) is 0 Å². The summed E-state index contributed by atoms with van der Waals surface area (Å²) < 4.78 is 0. The number of likely N-dealkylation sites (N-methyl/N-ethyl adjacent to an activating group) is 1. The molecule has 0 radical (unpaired) electrons.